The van der Waals surface area contributed by atoms with E-state index in [2.05, 4.69) is 21.2 Å². The van der Waals surface area contributed by atoms with Crippen LogP contribution in [0.1, 0.15) is 27.2 Å². The molecule has 3 aromatic carbocycles. The number of phenolic OH excluding ortho intramolecular Hbond substituents is 1. The number of carbonyl (C=O) groups is 1. The van der Waals surface area contributed by atoms with Gasteiger partial charge >= 0.3 is 0 Å². The van der Waals surface area contributed by atoms with E-state index in [0.717, 1.165) is 32.7 Å². The number of fused-ring (bicyclic) bond motifs is 1. The monoisotopic (exact) mass is 417 g/mol. The van der Waals surface area contributed by atoms with Gasteiger partial charge in [0.2, 0.25) is 0 Å². The summed E-state index contributed by atoms with van der Waals surface area (Å²) < 4.78 is 2.18. The normalized spacial score (nSPS) is 11.3. The zero-order valence-corrected chi connectivity index (χ0v) is 17.1. The van der Waals surface area contributed by atoms with Gasteiger partial charge < -0.3 is 9.67 Å². The Bertz CT molecular complexity index is 1260. The van der Waals surface area contributed by atoms with Gasteiger partial charge in [-0.25, -0.2) is 5.43 Å². The minimum absolute atomic E-state index is 0.0854. The summed E-state index contributed by atoms with van der Waals surface area (Å²) >= 11 is 6.37. The summed E-state index contributed by atoms with van der Waals surface area (Å²) in [5.74, 6) is -0.556. The van der Waals surface area contributed by atoms with Gasteiger partial charge in [-0.1, -0.05) is 60.1 Å². The van der Waals surface area contributed by atoms with E-state index in [1.807, 2.05) is 49.4 Å². The molecule has 1 heterocycles. The lowest BCUT2D eigenvalue weighted by atomic mass is 10.1. The average molecular weight is 418 g/mol. The average Bonchev–Trinajstić information content (AvgIpc) is 3.01. The number of hydrazone groups is 1. The third kappa shape index (κ3) is 3.80. The fourth-order valence-electron chi connectivity index (χ4n) is 3.50. The molecule has 0 unspecified atom stereocenters. The van der Waals surface area contributed by atoms with Crippen molar-refractivity contribution in [2.75, 3.05) is 0 Å². The molecule has 30 heavy (non-hydrogen) atoms. The summed E-state index contributed by atoms with van der Waals surface area (Å²) in [6.07, 6.45) is 1.64. The number of nitrogens with zero attached hydrogens (tertiary/aromatic N) is 2. The Morgan fingerprint density at radius 3 is 2.57 bits per heavy atom. The van der Waals surface area contributed by atoms with Crippen molar-refractivity contribution in [3.8, 4) is 5.75 Å². The Morgan fingerprint density at radius 1 is 1.07 bits per heavy atom. The molecule has 0 fully saturated rings. The van der Waals surface area contributed by atoms with Gasteiger partial charge in [0.15, 0.2) is 0 Å². The Morgan fingerprint density at radius 2 is 1.77 bits per heavy atom. The molecule has 0 bridgehead atoms. The molecule has 4 aromatic rings. The van der Waals surface area contributed by atoms with Crippen molar-refractivity contribution in [3.05, 3.63) is 100 Å². The highest BCUT2D eigenvalue weighted by molar-refractivity contribution is 6.31. The number of hydrogen-bond acceptors (Lipinski definition) is 3. The number of benzene rings is 3. The van der Waals surface area contributed by atoms with Gasteiger partial charge in [-0.2, -0.15) is 5.10 Å². The van der Waals surface area contributed by atoms with Gasteiger partial charge in [0.05, 0.1) is 11.8 Å². The third-order valence-corrected chi connectivity index (χ3v) is 5.44. The van der Waals surface area contributed by atoms with Gasteiger partial charge in [0.1, 0.15) is 5.75 Å². The van der Waals surface area contributed by atoms with Crippen LogP contribution in [-0.4, -0.2) is 21.8 Å². The third-order valence-electron chi connectivity index (χ3n) is 5.07. The molecule has 4 rings (SSSR count). The summed E-state index contributed by atoms with van der Waals surface area (Å²) in [6, 6.07) is 22.2. The second kappa shape index (κ2) is 8.43. The van der Waals surface area contributed by atoms with Gasteiger partial charge in [-0.15, -0.1) is 0 Å². The molecule has 0 radical (unpaired) electrons. The number of phenols is 1. The van der Waals surface area contributed by atoms with E-state index in [-0.39, 0.29) is 11.3 Å². The van der Waals surface area contributed by atoms with Gasteiger partial charge in [0.25, 0.3) is 5.91 Å². The van der Waals surface area contributed by atoms with Crippen LogP contribution in [0.25, 0.3) is 10.9 Å². The van der Waals surface area contributed by atoms with Crippen LogP contribution in [0.15, 0.2) is 77.9 Å². The van der Waals surface area contributed by atoms with Crippen LogP contribution in [0.4, 0.5) is 0 Å². The summed E-state index contributed by atoms with van der Waals surface area (Å²) in [5, 5.41) is 15.7. The van der Waals surface area contributed by atoms with Crippen LogP contribution >= 0.6 is 11.6 Å². The van der Waals surface area contributed by atoms with Crippen LogP contribution in [-0.2, 0) is 6.54 Å². The van der Waals surface area contributed by atoms with Crippen LogP contribution < -0.4 is 5.43 Å². The molecule has 5 nitrogen and oxygen atoms in total. The van der Waals surface area contributed by atoms with Crippen molar-refractivity contribution in [1.82, 2.24) is 9.99 Å². The summed E-state index contributed by atoms with van der Waals surface area (Å²) in [7, 11) is 0. The first-order valence-electron chi connectivity index (χ1n) is 9.49. The molecule has 0 aliphatic heterocycles. The lowest BCUT2D eigenvalue weighted by molar-refractivity contribution is 0.0952. The van der Waals surface area contributed by atoms with E-state index in [9.17, 15) is 9.90 Å². The Kier molecular flexibility index (Phi) is 5.55. The van der Waals surface area contributed by atoms with Crippen LogP contribution in [0.5, 0.6) is 5.75 Å². The molecule has 1 aromatic heterocycles. The van der Waals surface area contributed by atoms with Crippen molar-refractivity contribution in [2.24, 2.45) is 5.10 Å². The zero-order valence-electron chi connectivity index (χ0n) is 16.3. The number of carbonyl (C=O) groups excluding carboxylic acids is 1. The van der Waals surface area contributed by atoms with Gasteiger partial charge in [-0.3, -0.25) is 4.79 Å². The molecule has 0 aliphatic carbocycles. The van der Waals surface area contributed by atoms with E-state index in [1.54, 1.807) is 24.4 Å². The molecule has 0 spiro atoms. The molecule has 0 atom stereocenters. The lowest BCUT2D eigenvalue weighted by Crippen LogP contribution is -2.17. The molecular formula is C24H20ClN3O2. The smallest absolute Gasteiger partial charge is 0.275 e. The fourth-order valence-corrected chi connectivity index (χ4v) is 3.70. The molecule has 2 N–H and O–H groups in total. The maximum absolute atomic E-state index is 12.3. The Balaban J connectivity index is 1.65. The van der Waals surface area contributed by atoms with Crippen molar-refractivity contribution in [3.63, 3.8) is 0 Å². The summed E-state index contributed by atoms with van der Waals surface area (Å²) in [6.45, 7) is 2.65. The van der Waals surface area contributed by atoms with Crippen LogP contribution in [0.3, 0.4) is 0 Å². The number of halogens is 1. The number of aromatic nitrogens is 1. The zero-order chi connectivity index (χ0) is 21.1. The predicted molar refractivity (Wildman–Crippen MR) is 120 cm³/mol. The van der Waals surface area contributed by atoms with Crippen molar-refractivity contribution in [2.45, 2.75) is 13.5 Å². The molecule has 0 saturated carbocycles. The predicted octanol–water partition coefficient (Wildman–Crippen LogP) is 5.12. The second-order valence-electron chi connectivity index (χ2n) is 6.91. The van der Waals surface area contributed by atoms with E-state index in [1.165, 1.54) is 6.07 Å². The number of para-hydroxylation sites is 2. The Hall–Kier alpha value is -3.57. The highest BCUT2D eigenvalue weighted by Crippen LogP contribution is 2.27. The maximum Gasteiger partial charge on any atom is 0.275 e. The van der Waals surface area contributed by atoms with E-state index in [0.29, 0.717) is 6.54 Å². The molecule has 1 amide bonds. The molecule has 0 aliphatic rings. The molecule has 150 valence electrons. The van der Waals surface area contributed by atoms with E-state index >= 15 is 0 Å². The topological polar surface area (TPSA) is 66.6 Å². The number of hydrogen-bond donors (Lipinski definition) is 2. The van der Waals surface area contributed by atoms with Gasteiger partial charge in [-0.05, 0) is 36.8 Å². The second-order valence-corrected chi connectivity index (χ2v) is 7.32. The number of amides is 1. The van der Waals surface area contributed by atoms with Gasteiger partial charge in [0, 0.05) is 33.7 Å². The van der Waals surface area contributed by atoms with Crippen LogP contribution in [0, 0.1) is 6.92 Å². The molecular weight excluding hydrogens is 398 g/mol. The minimum Gasteiger partial charge on any atom is -0.507 e. The Labute approximate surface area is 179 Å². The number of rotatable bonds is 5. The first kappa shape index (κ1) is 19.7. The number of aromatic hydroxyl groups is 1. The highest BCUT2D eigenvalue weighted by Gasteiger charge is 2.14. The quantitative estimate of drug-likeness (QED) is 0.349. The van der Waals surface area contributed by atoms with Crippen molar-refractivity contribution in [1.29, 1.82) is 0 Å². The van der Waals surface area contributed by atoms with E-state index < -0.39 is 5.91 Å². The van der Waals surface area contributed by atoms with E-state index in [4.69, 9.17) is 11.6 Å². The standard InChI is InChI=1S/C24H20ClN3O2/c1-16-20(14-26-27-24(30)19-10-4-7-13-23(19)29)18-9-3-6-12-22(18)28(16)15-17-8-2-5-11-21(17)25/h2-14,29H,15H2,1H3,(H,27,30)/b26-14-. The fraction of sp³-hybridized carbons (Fsp3) is 0.0833. The summed E-state index contributed by atoms with van der Waals surface area (Å²) in [5.41, 5.74) is 6.67. The molecule has 6 heteroatoms. The largest absolute Gasteiger partial charge is 0.507 e. The first-order valence-corrected chi connectivity index (χ1v) is 9.86. The lowest BCUT2D eigenvalue weighted by Gasteiger charge is -2.10. The minimum atomic E-state index is -0.471. The van der Waals surface area contributed by atoms with Crippen molar-refractivity contribution >= 4 is 34.6 Å². The SMILES string of the molecule is Cc1c(/C=N\NC(=O)c2ccccc2O)c2ccccc2n1Cc1ccccc1Cl. The summed E-state index contributed by atoms with van der Waals surface area (Å²) in [4.78, 5) is 12.3. The van der Waals surface area contributed by atoms with Crippen molar-refractivity contribution < 1.29 is 9.90 Å². The number of nitrogens with one attached hydrogen (secondary N) is 1. The molecule has 0 saturated heterocycles. The maximum atomic E-state index is 12.3. The van der Waals surface area contributed by atoms with Crippen LogP contribution in [0.2, 0.25) is 5.02 Å². The highest BCUT2D eigenvalue weighted by atomic mass is 35.5. The first-order chi connectivity index (χ1) is 14.6.